The molecule has 2 N–H and O–H groups in total. The third-order valence-electron chi connectivity index (χ3n) is 5.67. The summed E-state index contributed by atoms with van der Waals surface area (Å²) < 4.78 is 1.90. The number of rotatable bonds is 5. The molecule has 26 heavy (non-hydrogen) atoms. The van der Waals surface area contributed by atoms with Crippen LogP contribution in [-0.4, -0.2) is 20.7 Å². The van der Waals surface area contributed by atoms with Crippen LogP contribution in [0.2, 0.25) is 0 Å². The minimum atomic E-state index is -0.835. The Morgan fingerprint density at radius 3 is 2.12 bits per heavy atom. The molecule has 5 nitrogen and oxygen atoms in total. The molecule has 132 valence electrons. The van der Waals surface area contributed by atoms with Crippen molar-refractivity contribution in [1.29, 1.82) is 0 Å². The first-order valence-electron chi connectivity index (χ1n) is 8.98. The van der Waals surface area contributed by atoms with Crippen LogP contribution in [-0.2, 0) is 10.2 Å². The lowest BCUT2D eigenvalue weighted by molar-refractivity contribution is -0.123. The van der Waals surface area contributed by atoms with Gasteiger partial charge in [0.2, 0.25) is 5.91 Å². The van der Waals surface area contributed by atoms with Crippen molar-refractivity contribution in [2.24, 2.45) is 11.7 Å². The maximum atomic E-state index is 13.0. The number of nitrogens with zero attached hydrogens (tertiary/aromatic N) is 3. The molecule has 1 heterocycles. The highest BCUT2D eigenvalue weighted by Gasteiger charge is 2.50. The highest BCUT2D eigenvalue weighted by atomic mass is 16.1. The van der Waals surface area contributed by atoms with E-state index in [4.69, 9.17) is 5.73 Å². The van der Waals surface area contributed by atoms with Crippen LogP contribution in [0, 0.1) is 5.92 Å². The zero-order valence-corrected chi connectivity index (χ0v) is 14.5. The fraction of sp³-hybridized carbons (Fsp3) is 0.286. The van der Waals surface area contributed by atoms with Gasteiger partial charge in [-0.2, -0.15) is 5.10 Å². The number of hydrogen-bond acceptors (Lipinski definition) is 3. The van der Waals surface area contributed by atoms with E-state index >= 15 is 0 Å². The molecular formula is C21H22N4O. The number of hydrogen-bond donors (Lipinski definition) is 1. The number of benzene rings is 2. The summed E-state index contributed by atoms with van der Waals surface area (Å²) in [6.07, 6.45) is 6.03. The fourth-order valence-corrected chi connectivity index (χ4v) is 4.52. The lowest BCUT2D eigenvalue weighted by Gasteiger charge is -2.37. The van der Waals surface area contributed by atoms with Crippen molar-refractivity contribution in [1.82, 2.24) is 14.8 Å². The second kappa shape index (κ2) is 6.75. The molecular weight excluding hydrogens is 324 g/mol. The summed E-state index contributed by atoms with van der Waals surface area (Å²) in [5.74, 6) is -0.182. The average molecular weight is 346 g/mol. The molecule has 1 amide bonds. The maximum Gasteiger partial charge on any atom is 0.232 e. The van der Waals surface area contributed by atoms with Crippen LogP contribution in [0.5, 0.6) is 0 Å². The van der Waals surface area contributed by atoms with Gasteiger partial charge in [-0.3, -0.25) is 4.79 Å². The quantitative estimate of drug-likeness (QED) is 0.771. The lowest BCUT2D eigenvalue weighted by atomic mass is 9.64. The highest BCUT2D eigenvalue weighted by Crippen LogP contribution is 2.49. The van der Waals surface area contributed by atoms with Gasteiger partial charge in [-0.05, 0) is 36.3 Å². The summed E-state index contributed by atoms with van der Waals surface area (Å²) >= 11 is 0. The summed E-state index contributed by atoms with van der Waals surface area (Å²) in [6, 6.07) is 20.1. The standard InChI is InChI=1S/C21H22N4O/c22-20(26)21(16-7-3-1-4-8-16,17-9-5-2-6-10-17)18-11-12-19(13-18)25-15-23-14-24-25/h1-10,14-15,18-19H,11-13H2,(H2,22,26)/t18-,19+/m1/s1. The summed E-state index contributed by atoms with van der Waals surface area (Å²) in [4.78, 5) is 17.1. The van der Waals surface area contributed by atoms with E-state index in [2.05, 4.69) is 10.1 Å². The summed E-state index contributed by atoms with van der Waals surface area (Å²) in [5, 5.41) is 4.29. The van der Waals surface area contributed by atoms with Crippen LogP contribution in [0.25, 0.3) is 0 Å². The van der Waals surface area contributed by atoms with Crippen molar-refractivity contribution < 1.29 is 4.79 Å². The molecule has 0 bridgehead atoms. The van der Waals surface area contributed by atoms with Gasteiger partial charge in [0.1, 0.15) is 18.1 Å². The number of amides is 1. The lowest BCUT2D eigenvalue weighted by Crippen LogP contribution is -2.47. The van der Waals surface area contributed by atoms with Crippen LogP contribution < -0.4 is 5.73 Å². The first kappa shape index (κ1) is 16.5. The van der Waals surface area contributed by atoms with Gasteiger partial charge in [0.05, 0.1) is 6.04 Å². The molecule has 0 saturated heterocycles. The zero-order chi connectivity index (χ0) is 18.0. The average Bonchev–Trinajstić information content (AvgIpc) is 3.36. The summed E-state index contributed by atoms with van der Waals surface area (Å²) in [7, 11) is 0. The number of aromatic nitrogens is 3. The molecule has 3 aromatic rings. The van der Waals surface area contributed by atoms with E-state index in [1.54, 1.807) is 12.7 Å². The van der Waals surface area contributed by atoms with Crippen molar-refractivity contribution in [2.75, 3.05) is 0 Å². The molecule has 0 radical (unpaired) electrons. The minimum Gasteiger partial charge on any atom is -0.369 e. The molecule has 1 aliphatic carbocycles. The predicted octanol–water partition coefficient (Wildman–Crippen LogP) is 3.09. The number of carbonyl (C=O) groups excluding carboxylic acids is 1. The molecule has 1 saturated carbocycles. The van der Waals surface area contributed by atoms with Crippen LogP contribution >= 0.6 is 0 Å². The van der Waals surface area contributed by atoms with E-state index in [9.17, 15) is 4.79 Å². The van der Waals surface area contributed by atoms with Gasteiger partial charge < -0.3 is 5.73 Å². The topological polar surface area (TPSA) is 73.8 Å². The van der Waals surface area contributed by atoms with Gasteiger partial charge in [0, 0.05) is 0 Å². The molecule has 2 atom stereocenters. The van der Waals surface area contributed by atoms with Gasteiger partial charge in [-0.25, -0.2) is 9.67 Å². The Bertz CT molecular complexity index is 822. The summed E-state index contributed by atoms with van der Waals surface area (Å²) in [6.45, 7) is 0. The largest absolute Gasteiger partial charge is 0.369 e. The first-order chi connectivity index (χ1) is 12.7. The second-order valence-electron chi connectivity index (χ2n) is 6.94. The van der Waals surface area contributed by atoms with Crippen LogP contribution in [0.1, 0.15) is 36.4 Å². The Morgan fingerprint density at radius 1 is 1.00 bits per heavy atom. The zero-order valence-electron chi connectivity index (χ0n) is 14.5. The fourth-order valence-electron chi connectivity index (χ4n) is 4.52. The van der Waals surface area contributed by atoms with Gasteiger partial charge in [-0.15, -0.1) is 0 Å². The molecule has 5 heteroatoms. The van der Waals surface area contributed by atoms with E-state index in [1.165, 1.54) is 0 Å². The molecule has 1 aliphatic rings. The number of primary amides is 1. The second-order valence-corrected chi connectivity index (χ2v) is 6.94. The Kier molecular flexibility index (Phi) is 4.29. The summed E-state index contributed by atoms with van der Waals surface area (Å²) in [5.41, 5.74) is 7.19. The van der Waals surface area contributed by atoms with E-state index in [-0.39, 0.29) is 17.9 Å². The SMILES string of the molecule is NC(=O)C(c1ccccc1)(c1ccccc1)[C@@H]1CC[C@H](n2cncn2)C1. The van der Waals surface area contributed by atoms with Gasteiger partial charge in [-0.1, -0.05) is 60.7 Å². The van der Waals surface area contributed by atoms with Crippen LogP contribution in [0.4, 0.5) is 0 Å². The van der Waals surface area contributed by atoms with Crippen LogP contribution in [0.3, 0.4) is 0 Å². The molecule has 2 aromatic carbocycles. The Labute approximate surface area is 152 Å². The Balaban J connectivity index is 1.82. The van der Waals surface area contributed by atoms with E-state index < -0.39 is 5.41 Å². The minimum absolute atomic E-state index is 0.110. The normalized spacial score (nSPS) is 20.2. The van der Waals surface area contributed by atoms with Crippen molar-refractivity contribution in [3.8, 4) is 0 Å². The molecule has 1 aromatic heterocycles. The maximum absolute atomic E-state index is 13.0. The monoisotopic (exact) mass is 346 g/mol. The number of nitrogens with two attached hydrogens (primary N) is 1. The predicted molar refractivity (Wildman–Crippen MR) is 99.3 cm³/mol. The first-order valence-corrected chi connectivity index (χ1v) is 8.98. The highest BCUT2D eigenvalue weighted by molar-refractivity contribution is 5.91. The molecule has 0 spiro atoms. The Morgan fingerprint density at radius 2 is 1.62 bits per heavy atom. The van der Waals surface area contributed by atoms with Crippen LogP contribution in [0.15, 0.2) is 73.3 Å². The smallest absolute Gasteiger partial charge is 0.232 e. The van der Waals surface area contributed by atoms with E-state index in [1.807, 2.05) is 65.3 Å². The van der Waals surface area contributed by atoms with Gasteiger partial charge >= 0.3 is 0 Å². The molecule has 4 rings (SSSR count). The van der Waals surface area contributed by atoms with Gasteiger partial charge in [0.15, 0.2) is 0 Å². The van der Waals surface area contributed by atoms with Crippen molar-refractivity contribution in [3.05, 3.63) is 84.4 Å². The molecule has 0 aliphatic heterocycles. The van der Waals surface area contributed by atoms with Crippen molar-refractivity contribution >= 4 is 5.91 Å². The van der Waals surface area contributed by atoms with Crippen molar-refractivity contribution in [2.45, 2.75) is 30.7 Å². The Hall–Kier alpha value is -2.95. The molecule has 1 fully saturated rings. The van der Waals surface area contributed by atoms with Gasteiger partial charge in [0.25, 0.3) is 0 Å². The van der Waals surface area contributed by atoms with Crippen molar-refractivity contribution in [3.63, 3.8) is 0 Å². The third kappa shape index (κ3) is 2.60. The number of carbonyl (C=O) groups is 1. The van der Waals surface area contributed by atoms with E-state index in [0.717, 1.165) is 30.4 Å². The van der Waals surface area contributed by atoms with E-state index in [0.29, 0.717) is 0 Å². The molecule has 0 unspecified atom stereocenters. The third-order valence-corrected chi connectivity index (χ3v) is 5.67.